The number of unbranched alkanes of at least 4 members (excludes halogenated alkanes) is 1. The van der Waals surface area contributed by atoms with Crippen LogP contribution < -0.4 is 5.32 Å². The van der Waals surface area contributed by atoms with E-state index in [1.807, 2.05) is 6.07 Å². The summed E-state index contributed by atoms with van der Waals surface area (Å²) >= 11 is 2.42. The molecule has 0 saturated carbocycles. The van der Waals surface area contributed by atoms with Crippen LogP contribution in [0.5, 0.6) is 0 Å². The van der Waals surface area contributed by atoms with Crippen molar-refractivity contribution in [2.24, 2.45) is 0 Å². The zero-order valence-corrected chi connectivity index (χ0v) is 17.5. The SMILES string of the molecule is CCCNC(=O)C1(CCCCI)C(c2ccccc2)=Cc2ccccc21. The van der Waals surface area contributed by atoms with Crippen LogP contribution in [0.2, 0.25) is 0 Å². The topological polar surface area (TPSA) is 29.1 Å². The molecule has 1 unspecified atom stereocenters. The highest BCUT2D eigenvalue weighted by molar-refractivity contribution is 14.1. The molecule has 0 radical (unpaired) electrons. The minimum Gasteiger partial charge on any atom is -0.355 e. The number of nitrogens with one attached hydrogen (secondary N) is 1. The van der Waals surface area contributed by atoms with Gasteiger partial charge >= 0.3 is 0 Å². The minimum atomic E-state index is -0.584. The molecule has 0 heterocycles. The van der Waals surface area contributed by atoms with Gasteiger partial charge in [-0.15, -0.1) is 0 Å². The predicted molar refractivity (Wildman–Crippen MR) is 118 cm³/mol. The number of fused-ring (bicyclic) bond motifs is 1. The molecule has 2 nitrogen and oxygen atoms in total. The van der Waals surface area contributed by atoms with Crippen LogP contribution in [0.15, 0.2) is 54.6 Å². The van der Waals surface area contributed by atoms with Gasteiger partial charge < -0.3 is 5.32 Å². The summed E-state index contributed by atoms with van der Waals surface area (Å²) in [5.41, 5.74) is 4.03. The number of hydrogen-bond acceptors (Lipinski definition) is 1. The molecule has 2 aromatic rings. The quantitative estimate of drug-likeness (QED) is 0.310. The Labute approximate surface area is 170 Å². The zero-order valence-electron chi connectivity index (χ0n) is 15.3. The van der Waals surface area contributed by atoms with Gasteiger partial charge in [-0.2, -0.15) is 0 Å². The molecular formula is C23H26INO. The van der Waals surface area contributed by atoms with Gasteiger partial charge in [-0.3, -0.25) is 4.79 Å². The number of alkyl halides is 1. The molecule has 26 heavy (non-hydrogen) atoms. The van der Waals surface area contributed by atoms with E-state index < -0.39 is 5.41 Å². The molecule has 3 rings (SSSR count). The van der Waals surface area contributed by atoms with Crippen molar-refractivity contribution in [3.8, 4) is 0 Å². The molecule has 2 aromatic carbocycles. The number of benzene rings is 2. The van der Waals surface area contributed by atoms with Crippen LogP contribution >= 0.6 is 22.6 Å². The number of hydrogen-bond donors (Lipinski definition) is 1. The monoisotopic (exact) mass is 459 g/mol. The Bertz CT molecular complexity index is 784. The Morgan fingerprint density at radius 2 is 1.77 bits per heavy atom. The van der Waals surface area contributed by atoms with E-state index in [9.17, 15) is 4.79 Å². The number of rotatable bonds is 8. The summed E-state index contributed by atoms with van der Waals surface area (Å²) in [6.07, 6.45) is 6.19. The number of halogens is 1. The van der Waals surface area contributed by atoms with Gasteiger partial charge in [0.05, 0.1) is 0 Å². The van der Waals surface area contributed by atoms with Gasteiger partial charge in [-0.05, 0) is 52.0 Å². The molecule has 1 aliphatic carbocycles. The third-order valence-corrected chi connectivity index (χ3v) is 5.89. The summed E-state index contributed by atoms with van der Waals surface area (Å²) in [6, 6.07) is 18.8. The second kappa shape index (κ2) is 8.85. The van der Waals surface area contributed by atoms with Gasteiger partial charge in [0.25, 0.3) is 0 Å². The average molecular weight is 459 g/mol. The predicted octanol–water partition coefficient (Wildman–Crippen LogP) is 5.61. The van der Waals surface area contributed by atoms with E-state index in [0.29, 0.717) is 0 Å². The van der Waals surface area contributed by atoms with Gasteiger partial charge in [0, 0.05) is 6.54 Å². The smallest absolute Gasteiger partial charge is 0.235 e. The highest BCUT2D eigenvalue weighted by Crippen LogP contribution is 2.50. The van der Waals surface area contributed by atoms with Gasteiger partial charge in [0.2, 0.25) is 5.91 Å². The van der Waals surface area contributed by atoms with Crippen molar-refractivity contribution in [2.45, 2.75) is 38.0 Å². The molecule has 0 saturated heterocycles. The molecule has 0 spiro atoms. The largest absolute Gasteiger partial charge is 0.355 e. The first-order valence-electron chi connectivity index (χ1n) is 9.45. The summed E-state index contributed by atoms with van der Waals surface area (Å²) in [4.78, 5) is 13.5. The molecule has 1 atom stereocenters. The average Bonchev–Trinajstić information content (AvgIpc) is 3.02. The molecule has 1 aliphatic rings. The Morgan fingerprint density at radius 3 is 2.50 bits per heavy atom. The second-order valence-electron chi connectivity index (χ2n) is 6.82. The summed E-state index contributed by atoms with van der Waals surface area (Å²) < 4.78 is 1.12. The van der Waals surface area contributed by atoms with Crippen LogP contribution in [0.4, 0.5) is 0 Å². The van der Waals surface area contributed by atoms with Crippen LogP contribution in [-0.4, -0.2) is 16.9 Å². The van der Waals surface area contributed by atoms with Crippen molar-refractivity contribution in [2.75, 3.05) is 11.0 Å². The van der Waals surface area contributed by atoms with Crippen LogP contribution in [0.1, 0.15) is 49.3 Å². The van der Waals surface area contributed by atoms with E-state index in [1.165, 1.54) is 5.56 Å². The molecule has 0 aromatic heterocycles. The number of carbonyl (C=O) groups is 1. The number of amides is 1. The molecule has 1 amide bonds. The fourth-order valence-corrected chi connectivity index (χ4v) is 4.42. The first-order chi connectivity index (χ1) is 12.7. The standard InChI is InChI=1S/C23H26INO/c1-2-16-25-22(26)23(14-8-9-15-24)20-13-7-6-12-19(20)17-21(23)18-10-4-3-5-11-18/h3-7,10-13,17H,2,8-9,14-16H2,1H3,(H,25,26). The third kappa shape index (κ3) is 3.59. The van der Waals surface area contributed by atoms with E-state index in [0.717, 1.165) is 53.4 Å². The minimum absolute atomic E-state index is 0.146. The van der Waals surface area contributed by atoms with Crippen molar-refractivity contribution in [1.29, 1.82) is 0 Å². The zero-order chi connectivity index (χ0) is 18.4. The van der Waals surface area contributed by atoms with Gasteiger partial charge in [0.15, 0.2) is 0 Å². The third-order valence-electron chi connectivity index (χ3n) is 5.12. The van der Waals surface area contributed by atoms with E-state index in [4.69, 9.17) is 0 Å². The highest BCUT2D eigenvalue weighted by Gasteiger charge is 2.47. The lowest BCUT2D eigenvalue weighted by atomic mass is 9.70. The summed E-state index contributed by atoms with van der Waals surface area (Å²) in [7, 11) is 0. The highest BCUT2D eigenvalue weighted by atomic mass is 127. The maximum atomic E-state index is 13.5. The number of carbonyl (C=O) groups excluding carboxylic acids is 1. The van der Waals surface area contributed by atoms with Crippen molar-refractivity contribution in [1.82, 2.24) is 5.32 Å². The van der Waals surface area contributed by atoms with E-state index in [2.05, 4.69) is 89.4 Å². The van der Waals surface area contributed by atoms with Crippen molar-refractivity contribution in [3.05, 3.63) is 71.3 Å². The van der Waals surface area contributed by atoms with Gasteiger partial charge in [-0.25, -0.2) is 0 Å². The van der Waals surface area contributed by atoms with Crippen LogP contribution in [0.3, 0.4) is 0 Å². The molecule has 136 valence electrons. The normalized spacial score (nSPS) is 18.3. The van der Waals surface area contributed by atoms with Crippen LogP contribution in [0, 0.1) is 0 Å². The van der Waals surface area contributed by atoms with Crippen molar-refractivity contribution < 1.29 is 4.79 Å². The van der Waals surface area contributed by atoms with Crippen LogP contribution in [0.25, 0.3) is 11.6 Å². The van der Waals surface area contributed by atoms with E-state index >= 15 is 0 Å². The molecule has 0 fully saturated rings. The van der Waals surface area contributed by atoms with E-state index in [1.54, 1.807) is 0 Å². The van der Waals surface area contributed by atoms with Crippen LogP contribution in [-0.2, 0) is 10.2 Å². The molecular weight excluding hydrogens is 433 g/mol. The lowest BCUT2D eigenvalue weighted by Crippen LogP contribution is -2.44. The first-order valence-corrected chi connectivity index (χ1v) is 11.0. The molecule has 3 heteroatoms. The maximum Gasteiger partial charge on any atom is 0.235 e. The first kappa shape index (κ1) is 19.2. The molecule has 0 bridgehead atoms. The summed E-state index contributed by atoms with van der Waals surface area (Å²) in [6.45, 7) is 2.82. The van der Waals surface area contributed by atoms with Crippen molar-refractivity contribution >= 4 is 40.1 Å². The summed E-state index contributed by atoms with van der Waals surface area (Å²) in [5.74, 6) is 0.146. The lowest BCUT2D eigenvalue weighted by molar-refractivity contribution is -0.125. The summed E-state index contributed by atoms with van der Waals surface area (Å²) in [5, 5.41) is 3.20. The van der Waals surface area contributed by atoms with Gasteiger partial charge in [0.1, 0.15) is 5.41 Å². The van der Waals surface area contributed by atoms with Crippen molar-refractivity contribution in [3.63, 3.8) is 0 Å². The Balaban J connectivity index is 2.12. The Morgan fingerprint density at radius 1 is 1.04 bits per heavy atom. The Hall–Kier alpha value is -1.62. The second-order valence-corrected chi connectivity index (χ2v) is 7.90. The fourth-order valence-electron chi connectivity index (χ4n) is 3.88. The molecule has 1 N–H and O–H groups in total. The fraction of sp³-hybridized carbons (Fsp3) is 0.348. The molecule has 0 aliphatic heterocycles. The Kier molecular flexibility index (Phi) is 6.52. The van der Waals surface area contributed by atoms with E-state index in [-0.39, 0.29) is 5.91 Å². The maximum absolute atomic E-state index is 13.5. The van der Waals surface area contributed by atoms with Gasteiger partial charge in [-0.1, -0.05) is 90.5 Å². The lowest BCUT2D eigenvalue weighted by Gasteiger charge is -2.33.